The van der Waals surface area contributed by atoms with Gasteiger partial charge in [0.05, 0.1) is 7.11 Å². The highest BCUT2D eigenvalue weighted by atomic mass is 16.5. The molecule has 0 aromatic heterocycles. The van der Waals surface area contributed by atoms with Gasteiger partial charge in [-0.05, 0) is 18.6 Å². The summed E-state index contributed by atoms with van der Waals surface area (Å²) in [6.45, 7) is 2.25. The molecule has 0 aliphatic carbocycles. The summed E-state index contributed by atoms with van der Waals surface area (Å²) in [4.78, 5) is 12.1. The van der Waals surface area contributed by atoms with Crippen molar-refractivity contribution in [3.05, 3.63) is 29.8 Å². The second-order valence-electron chi connectivity index (χ2n) is 5.73. The fourth-order valence-electron chi connectivity index (χ4n) is 2.54. The van der Waals surface area contributed by atoms with Gasteiger partial charge in [-0.25, -0.2) is 0 Å². The molecule has 2 nitrogen and oxygen atoms in total. The van der Waals surface area contributed by atoms with Crippen molar-refractivity contribution in [2.24, 2.45) is 0 Å². The standard InChI is InChI=1S/C19H30O2/c1-3-4-5-6-7-8-9-10-11-15-19(20)17-13-12-14-18(16-17)21-2/h12-14,16H,3-11,15H2,1-2H3. The minimum Gasteiger partial charge on any atom is -0.497 e. The predicted molar refractivity (Wildman–Crippen MR) is 89.2 cm³/mol. The molecule has 0 spiro atoms. The Bertz CT molecular complexity index is 398. The van der Waals surface area contributed by atoms with Gasteiger partial charge in [0, 0.05) is 12.0 Å². The summed E-state index contributed by atoms with van der Waals surface area (Å²) in [5.74, 6) is 0.991. The van der Waals surface area contributed by atoms with Gasteiger partial charge in [0.2, 0.25) is 0 Å². The molecular formula is C19H30O2. The van der Waals surface area contributed by atoms with Crippen LogP contribution in [0.4, 0.5) is 0 Å². The molecule has 0 aliphatic rings. The van der Waals surface area contributed by atoms with Crippen LogP contribution in [0, 0.1) is 0 Å². The van der Waals surface area contributed by atoms with Gasteiger partial charge < -0.3 is 4.74 Å². The van der Waals surface area contributed by atoms with Crippen molar-refractivity contribution in [2.75, 3.05) is 7.11 Å². The average molecular weight is 290 g/mol. The van der Waals surface area contributed by atoms with E-state index in [1.807, 2.05) is 24.3 Å². The molecule has 0 N–H and O–H groups in total. The summed E-state index contributed by atoms with van der Waals surface area (Å²) in [6, 6.07) is 7.45. The van der Waals surface area contributed by atoms with Gasteiger partial charge in [0.1, 0.15) is 5.75 Å². The van der Waals surface area contributed by atoms with E-state index in [9.17, 15) is 4.79 Å². The van der Waals surface area contributed by atoms with Crippen LogP contribution in [0.15, 0.2) is 24.3 Å². The van der Waals surface area contributed by atoms with E-state index in [0.717, 1.165) is 17.7 Å². The highest BCUT2D eigenvalue weighted by molar-refractivity contribution is 5.96. The van der Waals surface area contributed by atoms with Crippen molar-refractivity contribution in [1.29, 1.82) is 0 Å². The van der Waals surface area contributed by atoms with Crippen LogP contribution in [0.2, 0.25) is 0 Å². The van der Waals surface area contributed by atoms with Gasteiger partial charge in [-0.1, -0.05) is 70.4 Å². The highest BCUT2D eigenvalue weighted by Gasteiger charge is 2.06. The predicted octanol–water partition coefficient (Wildman–Crippen LogP) is 5.80. The molecule has 1 aromatic rings. The summed E-state index contributed by atoms with van der Waals surface area (Å²) in [5, 5.41) is 0. The average Bonchev–Trinajstić information content (AvgIpc) is 2.53. The number of unbranched alkanes of at least 4 members (excludes halogenated alkanes) is 8. The highest BCUT2D eigenvalue weighted by Crippen LogP contribution is 2.16. The summed E-state index contributed by atoms with van der Waals surface area (Å²) in [7, 11) is 1.63. The molecule has 0 fully saturated rings. The molecule has 21 heavy (non-hydrogen) atoms. The zero-order valence-electron chi connectivity index (χ0n) is 13.7. The third kappa shape index (κ3) is 7.89. The number of methoxy groups -OCH3 is 1. The molecule has 0 saturated heterocycles. The number of hydrogen-bond acceptors (Lipinski definition) is 2. The molecule has 0 amide bonds. The van der Waals surface area contributed by atoms with Gasteiger partial charge in [0.15, 0.2) is 5.78 Å². The van der Waals surface area contributed by atoms with Gasteiger partial charge in [-0.3, -0.25) is 4.79 Å². The minimum atomic E-state index is 0.233. The number of carbonyl (C=O) groups is 1. The van der Waals surface area contributed by atoms with Crippen LogP contribution in [0.25, 0.3) is 0 Å². The van der Waals surface area contributed by atoms with E-state index in [1.54, 1.807) is 7.11 Å². The van der Waals surface area contributed by atoms with E-state index in [4.69, 9.17) is 4.74 Å². The summed E-state index contributed by atoms with van der Waals surface area (Å²) >= 11 is 0. The SMILES string of the molecule is CCCCCCCCCCCC(=O)c1cccc(OC)c1. The Morgan fingerprint density at radius 2 is 1.57 bits per heavy atom. The molecule has 0 atom stereocenters. The molecule has 118 valence electrons. The molecule has 2 heteroatoms. The van der Waals surface area contributed by atoms with Crippen molar-refractivity contribution >= 4 is 5.78 Å². The quantitative estimate of drug-likeness (QED) is 0.359. The lowest BCUT2D eigenvalue weighted by atomic mass is 10.0. The van der Waals surface area contributed by atoms with Gasteiger partial charge in [-0.15, -0.1) is 0 Å². The summed E-state index contributed by atoms with van der Waals surface area (Å²) in [5.41, 5.74) is 0.772. The van der Waals surface area contributed by atoms with Crippen LogP contribution < -0.4 is 4.74 Å². The zero-order chi connectivity index (χ0) is 15.3. The Kier molecular flexibility index (Phi) is 9.60. The van der Waals surface area contributed by atoms with E-state index < -0.39 is 0 Å². The zero-order valence-corrected chi connectivity index (χ0v) is 13.7. The Labute approximate surface area is 129 Å². The lowest BCUT2D eigenvalue weighted by Crippen LogP contribution is -1.99. The number of ether oxygens (including phenoxy) is 1. The van der Waals surface area contributed by atoms with Crippen LogP contribution in [0.5, 0.6) is 5.75 Å². The lowest BCUT2D eigenvalue weighted by Gasteiger charge is -2.04. The maximum absolute atomic E-state index is 12.1. The molecular weight excluding hydrogens is 260 g/mol. The smallest absolute Gasteiger partial charge is 0.163 e. The topological polar surface area (TPSA) is 26.3 Å². The van der Waals surface area contributed by atoms with Crippen molar-refractivity contribution in [3.8, 4) is 5.75 Å². The Morgan fingerprint density at radius 1 is 0.952 bits per heavy atom. The first-order valence-electron chi connectivity index (χ1n) is 8.45. The number of Topliss-reactive ketones (excluding diaryl/α,β-unsaturated/α-hetero) is 1. The number of ketones is 1. The normalized spacial score (nSPS) is 10.6. The Hall–Kier alpha value is -1.31. The largest absolute Gasteiger partial charge is 0.497 e. The second-order valence-corrected chi connectivity index (χ2v) is 5.73. The van der Waals surface area contributed by atoms with Crippen molar-refractivity contribution in [1.82, 2.24) is 0 Å². The van der Waals surface area contributed by atoms with Crippen molar-refractivity contribution < 1.29 is 9.53 Å². The molecule has 0 aliphatic heterocycles. The van der Waals surface area contributed by atoms with Gasteiger partial charge in [0.25, 0.3) is 0 Å². The number of benzene rings is 1. The van der Waals surface area contributed by atoms with Crippen LogP contribution in [-0.4, -0.2) is 12.9 Å². The number of rotatable bonds is 12. The molecule has 1 aromatic carbocycles. The molecule has 0 radical (unpaired) electrons. The van der Waals surface area contributed by atoms with E-state index in [1.165, 1.54) is 51.4 Å². The molecule has 1 rings (SSSR count). The van der Waals surface area contributed by atoms with Crippen molar-refractivity contribution in [2.45, 2.75) is 71.1 Å². The van der Waals surface area contributed by atoms with Crippen LogP contribution in [0.3, 0.4) is 0 Å². The molecule has 0 bridgehead atoms. The van der Waals surface area contributed by atoms with Crippen molar-refractivity contribution in [3.63, 3.8) is 0 Å². The lowest BCUT2D eigenvalue weighted by molar-refractivity contribution is 0.0978. The molecule has 0 unspecified atom stereocenters. The van der Waals surface area contributed by atoms with E-state index in [2.05, 4.69) is 6.92 Å². The maximum Gasteiger partial charge on any atom is 0.163 e. The number of carbonyl (C=O) groups excluding carboxylic acids is 1. The first kappa shape index (κ1) is 17.7. The van der Waals surface area contributed by atoms with Crippen LogP contribution in [-0.2, 0) is 0 Å². The first-order chi connectivity index (χ1) is 10.3. The fraction of sp³-hybridized carbons (Fsp3) is 0.632. The van der Waals surface area contributed by atoms with Gasteiger partial charge in [-0.2, -0.15) is 0 Å². The van der Waals surface area contributed by atoms with E-state index in [0.29, 0.717) is 6.42 Å². The Morgan fingerprint density at radius 3 is 2.19 bits per heavy atom. The summed E-state index contributed by atoms with van der Waals surface area (Å²) in [6.07, 6.45) is 12.2. The Balaban J connectivity index is 2.08. The third-order valence-corrected chi connectivity index (χ3v) is 3.90. The van der Waals surface area contributed by atoms with E-state index in [-0.39, 0.29) is 5.78 Å². The fourth-order valence-corrected chi connectivity index (χ4v) is 2.54. The van der Waals surface area contributed by atoms with Crippen LogP contribution >= 0.6 is 0 Å². The van der Waals surface area contributed by atoms with Gasteiger partial charge >= 0.3 is 0 Å². The minimum absolute atomic E-state index is 0.233. The second kappa shape index (κ2) is 11.4. The molecule has 0 saturated carbocycles. The summed E-state index contributed by atoms with van der Waals surface area (Å²) < 4.78 is 5.15. The number of hydrogen-bond donors (Lipinski definition) is 0. The monoisotopic (exact) mass is 290 g/mol. The van der Waals surface area contributed by atoms with Crippen LogP contribution in [0.1, 0.15) is 81.5 Å². The van der Waals surface area contributed by atoms with E-state index >= 15 is 0 Å². The molecule has 0 heterocycles. The third-order valence-electron chi connectivity index (χ3n) is 3.90. The maximum atomic E-state index is 12.1. The first-order valence-corrected chi connectivity index (χ1v) is 8.45.